The van der Waals surface area contributed by atoms with Crippen molar-refractivity contribution in [3.05, 3.63) is 163 Å². The summed E-state index contributed by atoms with van der Waals surface area (Å²) in [5, 5.41) is 3.63. The summed E-state index contributed by atoms with van der Waals surface area (Å²) in [6.45, 7) is 12.5. The van der Waals surface area contributed by atoms with Crippen LogP contribution in [0.2, 0.25) is 0 Å². The highest BCUT2D eigenvalue weighted by molar-refractivity contribution is 6.11. The Labute approximate surface area is 258 Å². The number of fused-ring (bicyclic) bond motifs is 4. The van der Waals surface area contributed by atoms with Gasteiger partial charge in [-0.25, -0.2) is 0 Å². The van der Waals surface area contributed by atoms with Crippen molar-refractivity contribution in [3.8, 4) is 22.5 Å². The number of para-hydroxylation sites is 2. The van der Waals surface area contributed by atoms with Crippen LogP contribution in [-0.2, 0) is 0 Å². The monoisotopic (exact) mass is 566 g/mol. The molecule has 0 amide bonds. The van der Waals surface area contributed by atoms with Crippen LogP contribution in [0.15, 0.2) is 147 Å². The van der Waals surface area contributed by atoms with E-state index in [0.717, 1.165) is 33.5 Å². The van der Waals surface area contributed by atoms with Crippen molar-refractivity contribution in [3.63, 3.8) is 0 Å². The van der Waals surface area contributed by atoms with E-state index in [1.54, 1.807) is 0 Å². The van der Waals surface area contributed by atoms with Crippen molar-refractivity contribution in [2.24, 2.45) is 0 Å². The standard InChI is InChI=1S/C42H34N2/c1-5-15-29(6-2)30-20-23-41-37(26-30)38-28-32(22-25-42(38)44(41)34-18-13-10-14-19-34)31-21-24-40-36(27-31)35(7-3)39(8-4)43(40)33-16-11-9-12-17-33/h5-28H,3-4H2,1-2H3/b15-5-,29-6+. The van der Waals surface area contributed by atoms with E-state index in [1.165, 1.54) is 44.1 Å². The smallest absolute Gasteiger partial charge is 0.0541 e. The molecule has 0 atom stereocenters. The van der Waals surface area contributed by atoms with Crippen LogP contribution in [0.3, 0.4) is 0 Å². The van der Waals surface area contributed by atoms with Gasteiger partial charge in [-0.3, -0.25) is 0 Å². The van der Waals surface area contributed by atoms with E-state index >= 15 is 0 Å². The van der Waals surface area contributed by atoms with Gasteiger partial charge in [0.15, 0.2) is 0 Å². The largest absolute Gasteiger partial charge is 0.309 e. The van der Waals surface area contributed by atoms with Gasteiger partial charge >= 0.3 is 0 Å². The number of aromatic nitrogens is 2. The Kier molecular flexibility index (Phi) is 6.96. The zero-order chi connectivity index (χ0) is 30.2. The summed E-state index contributed by atoms with van der Waals surface area (Å²) < 4.78 is 4.64. The van der Waals surface area contributed by atoms with E-state index < -0.39 is 0 Å². The van der Waals surface area contributed by atoms with Crippen molar-refractivity contribution < 1.29 is 0 Å². The first-order valence-electron chi connectivity index (χ1n) is 15.1. The molecule has 0 saturated heterocycles. The van der Waals surface area contributed by atoms with Crippen LogP contribution in [0.1, 0.15) is 30.7 Å². The molecule has 0 spiro atoms. The molecule has 2 aromatic heterocycles. The van der Waals surface area contributed by atoms with Gasteiger partial charge in [0, 0.05) is 33.1 Å². The topological polar surface area (TPSA) is 9.86 Å². The maximum Gasteiger partial charge on any atom is 0.0541 e. The van der Waals surface area contributed by atoms with Crippen LogP contribution in [0.4, 0.5) is 0 Å². The maximum absolute atomic E-state index is 4.18. The number of allylic oxidation sites excluding steroid dienone is 4. The Morgan fingerprint density at radius 1 is 0.568 bits per heavy atom. The summed E-state index contributed by atoms with van der Waals surface area (Å²) in [7, 11) is 0. The van der Waals surface area contributed by atoms with E-state index in [0.29, 0.717) is 0 Å². The highest BCUT2D eigenvalue weighted by atomic mass is 15.0. The Morgan fingerprint density at radius 3 is 1.68 bits per heavy atom. The second-order valence-corrected chi connectivity index (χ2v) is 11.0. The molecule has 0 radical (unpaired) electrons. The van der Waals surface area contributed by atoms with Crippen LogP contribution >= 0.6 is 0 Å². The van der Waals surface area contributed by atoms with Gasteiger partial charge in [0.05, 0.1) is 22.2 Å². The Bertz CT molecular complexity index is 2250. The number of rotatable bonds is 7. The van der Waals surface area contributed by atoms with Gasteiger partial charge in [-0.15, -0.1) is 0 Å². The maximum atomic E-state index is 4.18. The van der Waals surface area contributed by atoms with E-state index in [9.17, 15) is 0 Å². The van der Waals surface area contributed by atoms with Crippen molar-refractivity contribution in [2.45, 2.75) is 13.8 Å². The lowest BCUT2D eigenvalue weighted by molar-refractivity contribution is 1.11. The summed E-state index contributed by atoms with van der Waals surface area (Å²) in [4.78, 5) is 0. The molecule has 7 rings (SSSR count). The summed E-state index contributed by atoms with van der Waals surface area (Å²) in [5.74, 6) is 0. The zero-order valence-corrected chi connectivity index (χ0v) is 25.2. The van der Waals surface area contributed by atoms with Crippen molar-refractivity contribution >= 4 is 50.4 Å². The predicted octanol–water partition coefficient (Wildman–Crippen LogP) is 11.7. The Morgan fingerprint density at radius 2 is 1.11 bits per heavy atom. The average Bonchev–Trinajstić information content (AvgIpc) is 3.58. The number of hydrogen-bond acceptors (Lipinski definition) is 0. The minimum Gasteiger partial charge on any atom is -0.309 e. The van der Waals surface area contributed by atoms with Crippen LogP contribution < -0.4 is 0 Å². The Hall–Kier alpha value is -5.60. The fraction of sp³-hybridized carbons (Fsp3) is 0.0476. The molecular formula is C42H34N2. The van der Waals surface area contributed by atoms with Gasteiger partial charge in [-0.05, 0) is 103 Å². The summed E-state index contributed by atoms with van der Waals surface area (Å²) in [5.41, 5.74) is 12.7. The second kappa shape index (κ2) is 11.2. The first-order chi connectivity index (χ1) is 21.7. The van der Waals surface area contributed by atoms with Crippen molar-refractivity contribution in [2.75, 3.05) is 0 Å². The minimum atomic E-state index is 1.05. The molecule has 212 valence electrons. The number of benzene rings is 5. The predicted molar refractivity (Wildman–Crippen MR) is 192 cm³/mol. The number of nitrogens with zero attached hydrogens (tertiary/aromatic N) is 2. The van der Waals surface area contributed by atoms with Crippen molar-refractivity contribution in [1.29, 1.82) is 0 Å². The van der Waals surface area contributed by atoms with E-state index in [2.05, 4.69) is 164 Å². The summed E-state index contributed by atoms with van der Waals surface area (Å²) in [6, 6.07) is 41.5. The van der Waals surface area contributed by atoms with Gasteiger partial charge in [0.25, 0.3) is 0 Å². The van der Waals surface area contributed by atoms with E-state index in [-0.39, 0.29) is 0 Å². The molecule has 0 unspecified atom stereocenters. The summed E-state index contributed by atoms with van der Waals surface area (Å²) >= 11 is 0. The van der Waals surface area contributed by atoms with Gasteiger partial charge < -0.3 is 9.13 Å². The molecule has 2 nitrogen and oxygen atoms in total. The van der Waals surface area contributed by atoms with E-state index in [1.807, 2.05) is 18.2 Å². The average molecular weight is 567 g/mol. The lowest BCUT2D eigenvalue weighted by Gasteiger charge is -2.10. The molecule has 2 heterocycles. The molecule has 0 fully saturated rings. The molecule has 0 saturated carbocycles. The highest BCUT2D eigenvalue weighted by Crippen LogP contribution is 2.38. The highest BCUT2D eigenvalue weighted by Gasteiger charge is 2.17. The van der Waals surface area contributed by atoms with E-state index in [4.69, 9.17) is 0 Å². The molecule has 0 bridgehead atoms. The fourth-order valence-electron chi connectivity index (χ4n) is 6.56. The van der Waals surface area contributed by atoms with Gasteiger partial charge in [0.1, 0.15) is 0 Å². The molecule has 0 aliphatic carbocycles. The lowest BCUT2D eigenvalue weighted by atomic mass is 9.98. The molecule has 7 aromatic rings. The molecular weight excluding hydrogens is 532 g/mol. The minimum absolute atomic E-state index is 1.05. The number of hydrogen-bond donors (Lipinski definition) is 0. The summed E-state index contributed by atoms with van der Waals surface area (Å²) in [6.07, 6.45) is 10.3. The van der Waals surface area contributed by atoms with Crippen molar-refractivity contribution in [1.82, 2.24) is 9.13 Å². The van der Waals surface area contributed by atoms with Crippen LogP contribution in [0, 0.1) is 0 Å². The third-order valence-corrected chi connectivity index (χ3v) is 8.56. The van der Waals surface area contributed by atoms with Gasteiger partial charge in [-0.2, -0.15) is 0 Å². The zero-order valence-electron chi connectivity index (χ0n) is 25.2. The third kappa shape index (κ3) is 4.35. The Balaban J connectivity index is 1.47. The quantitative estimate of drug-likeness (QED) is 0.170. The molecule has 5 aromatic carbocycles. The van der Waals surface area contributed by atoms with Crippen LogP contribution in [-0.4, -0.2) is 9.13 Å². The van der Waals surface area contributed by atoms with Crippen LogP contribution in [0.25, 0.3) is 72.9 Å². The second-order valence-electron chi connectivity index (χ2n) is 11.0. The molecule has 0 aliphatic heterocycles. The molecule has 2 heteroatoms. The normalized spacial score (nSPS) is 12.1. The molecule has 44 heavy (non-hydrogen) atoms. The molecule has 0 N–H and O–H groups in total. The molecule has 0 aliphatic rings. The fourth-order valence-corrected chi connectivity index (χ4v) is 6.56. The first kappa shape index (κ1) is 27.2. The SMILES string of the molecule is C=Cc1c(C=C)n(-c2ccccc2)c2ccc(-c3ccc4c(c3)c3cc(C(/C=C\C)=C/C)ccc3n4-c3ccccc3)cc12. The lowest BCUT2D eigenvalue weighted by Crippen LogP contribution is -1.96. The van der Waals surface area contributed by atoms with Gasteiger partial charge in [-0.1, -0.05) is 92.1 Å². The van der Waals surface area contributed by atoms with Crippen LogP contribution in [0.5, 0.6) is 0 Å². The third-order valence-electron chi connectivity index (χ3n) is 8.56. The first-order valence-corrected chi connectivity index (χ1v) is 15.1. The van der Waals surface area contributed by atoms with Gasteiger partial charge in [0.2, 0.25) is 0 Å².